The van der Waals surface area contributed by atoms with Crippen LogP contribution in [-0.2, 0) is 0 Å². The largest absolute Gasteiger partial charge is 0.308 e. The van der Waals surface area contributed by atoms with E-state index in [9.17, 15) is 4.79 Å². The summed E-state index contributed by atoms with van der Waals surface area (Å²) in [6, 6.07) is 11.5. The van der Waals surface area contributed by atoms with Gasteiger partial charge < -0.3 is 4.90 Å². The Morgan fingerprint density at radius 1 is 1.11 bits per heavy atom. The van der Waals surface area contributed by atoms with Crippen LogP contribution in [0, 0.1) is 13.8 Å². The van der Waals surface area contributed by atoms with Crippen molar-refractivity contribution in [2.45, 2.75) is 13.8 Å². The SMILES string of the molecule is Cc1ccc(C(=O)N(CCN(C)C)c2nc3ccc(Cl)cc3s2)c(C)c1.Cl. The number of nitrogens with zero attached hydrogens (tertiary/aromatic N) is 3. The number of amides is 1. The molecule has 0 saturated heterocycles. The Bertz CT molecular complexity index is 956. The first kappa shape index (κ1) is 21.6. The molecule has 1 amide bonds. The highest BCUT2D eigenvalue weighted by Crippen LogP contribution is 2.31. The molecule has 0 saturated carbocycles. The fourth-order valence-electron chi connectivity index (χ4n) is 2.78. The number of rotatable bonds is 5. The minimum atomic E-state index is -0.0190. The van der Waals surface area contributed by atoms with Gasteiger partial charge in [-0.2, -0.15) is 0 Å². The molecule has 0 fully saturated rings. The molecule has 0 radical (unpaired) electrons. The number of thiazole rings is 1. The second-order valence-electron chi connectivity index (χ2n) is 6.69. The zero-order valence-electron chi connectivity index (χ0n) is 15.8. The van der Waals surface area contributed by atoms with Crippen molar-refractivity contribution in [1.29, 1.82) is 0 Å². The van der Waals surface area contributed by atoms with Crippen molar-refractivity contribution < 1.29 is 4.79 Å². The molecule has 0 unspecified atom stereocenters. The number of aryl methyl sites for hydroxylation is 2. The molecule has 0 aliphatic rings. The van der Waals surface area contributed by atoms with Crippen molar-refractivity contribution in [1.82, 2.24) is 9.88 Å². The number of aromatic nitrogens is 1. The topological polar surface area (TPSA) is 36.4 Å². The molecule has 4 nitrogen and oxygen atoms in total. The molecule has 0 atom stereocenters. The van der Waals surface area contributed by atoms with Gasteiger partial charge in [-0.1, -0.05) is 40.6 Å². The number of carbonyl (C=O) groups is 1. The van der Waals surface area contributed by atoms with Crippen LogP contribution in [0.15, 0.2) is 36.4 Å². The molecule has 0 aliphatic carbocycles. The summed E-state index contributed by atoms with van der Waals surface area (Å²) in [7, 11) is 4.00. The summed E-state index contributed by atoms with van der Waals surface area (Å²) in [6.45, 7) is 5.34. The van der Waals surface area contributed by atoms with Gasteiger partial charge in [-0.05, 0) is 57.8 Å². The minimum absolute atomic E-state index is 0. The summed E-state index contributed by atoms with van der Waals surface area (Å²) in [6.07, 6.45) is 0. The van der Waals surface area contributed by atoms with E-state index in [0.717, 1.165) is 27.9 Å². The second kappa shape index (κ2) is 9.02. The van der Waals surface area contributed by atoms with Gasteiger partial charge in [0.1, 0.15) is 0 Å². The maximum atomic E-state index is 13.3. The third-order valence-corrected chi connectivity index (χ3v) is 5.47. The van der Waals surface area contributed by atoms with Gasteiger partial charge in [-0.25, -0.2) is 4.98 Å². The van der Waals surface area contributed by atoms with Gasteiger partial charge in [0.05, 0.1) is 10.2 Å². The van der Waals surface area contributed by atoms with Crippen molar-refractivity contribution in [2.75, 3.05) is 32.1 Å². The Labute approximate surface area is 175 Å². The van der Waals surface area contributed by atoms with Crippen LogP contribution in [0.5, 0.6) is 0 Å². The van der Waals surface area contributed by atoms with E-state index in [1.54, 1.807) is 4.90 Å². The molecule has 0 aliphatic heterocycles. The lowest BCUT2D eigenvalue weighted by Crippen LogP contribution is -2.37. The maximum Gasteiger partial charge on any atom is 0.260 e. The Balaban J connectivity index is 0.00000261. The first-order valence-corrected chi connectivity index (χ1v) is 9.64. The molecule has 3 rings (SSSR count). The van der Waals surface area contributed by atoms with Gasteiger partial charge in [-0.15, -0.1) is 12.4 Å². The molecule has 2 aromatic carbocycles. The Kier molecular flexibility index (Phi) is 7.23. The lowest BCUT2D eigenvalue weighted by Gasteiger charge is -2.22. The van der Waals surface area contributed by atoms with E-state index in [-0.39, 0.29) is 18.3 Å². The Hall–Kier alpha value is -1.66. The van der Waals surface area contributed by atoms with Crippen LogP contribution in [0.1, 0.15) is 21.5 Å². The van der Waals surface area contributed by atoms with Crippen LogP contribution >= 0.6 is 35.3 Å². The first-order valence-electron chi connectivity index (χ1n) is 8.45. The molecular weight excluding hydrogens is 401 g/mol. The number of halogens is 2. The number of fused-ring (bicyclic) bond motifs is 1. The van der Waals surface area contributed by atoms with Gasteiger partial charge >= 0.3 is 0 Å². The van der Waals surface area contributed by atoms with Crippen molar-refractivity contribution in [3.63, 3.8) is 0 Å². The Morgan fingerprint density at radius 3 is 2.52 bits per heavy atom. The summed E-state index contributed by atoms with van der Waals surface area (Å²) in [5, 5.41) is 1.38. The number of benzene rings is 2. The third-order valence-electron chi connectivity index (χ3n) is 4.20. The predicted octanol–water partition coefficient (Wildman–Crippen LogP) is 5.20. The van der Waals surface area contributed by atoms with Crippen LogP contribution in [-0.4, -0.2) is 43.0 Å². The normalized spacial score (nSPS) is 10.9. The highest BCUT2D eigenvalue weighted by atomic mass is 35.5. The van der Waals surface area contributed by atoms with E-state index < -0.39 is 0 Å². The summed E-state index contributed by atoms with van der Waals surface area (Å²) in [5.41, 5.74) is 3.70. The quantitative estimate of drug-likeness (QED) is 0.565. The molecule has 3 aromatic rings. The van der Waals surface area contributed by atoms with Crippen molar-refractivity contribution in [3.05, 3.63) is 58.1 Å². The van der Waals surface area contributed by atoms with Crippen LogP contribution in [0.25, 0.3) is 10.2 Å². The van der Waals surface area contributed by atoms with Crippen LogP contribution in [0.4, 0.5) is 5.13 Å². The second-order valence-corrected chi connectivity index (χ2v) is 8.13. The van der Waals surface area contributed by atoms with Crippen LogP contribution in [0.2, 0.25) is 5.02 Å². The van der Waals surface area contributed by atoms with Gasteiger partial charge in [0, 0.05) is 23.7 Å². The summed E-state index contributed by atoms with van der Waals surface area (Å²) < 4.78 is 0.982. The zero-order valence-corrected chi connectivity index (χ0v) is 18.2. The van der Waals surface area contributed by atoms with Crippen LogP contribution < -0.4 is 4.90 Å². The van der Waals surface area contributed by atoms with Gasteiger partial charge in [0.15, 0.2) is 5.13 Å². The van der Waals surface area contributed by atoms with E-state index in [1.165, 1.54) is 11.3 Å². The fraction of sp³-hybridized carbons (Fsp3) is 0.300. The van der Waals surface area contributed by atoms with Crippen molar-refractivity contribution in [3.8, 4) is 0 Å². The van der Waals surface area contributed by atoms with Gasteiger partial charge in [0.2, 0.25) is 0 Å². The van der Waals surface area contributed by atoms with Gasteiger partial charge in [0.25, 0.3) is 5.91 Å². The molecular formula is C20H23Cl2N3OS. The molecule has 7 heteroatoms. The lowest BCUT2D eigenvalue weighted by atomic mass is 10.0. The molecule has 1 heterocycles. The number of likely N-dealkylation sites (N-methyl/N-ethyl adjacent to an activating group) is 1. The van der Waals surface area contributed by atoms with Crippen LogP contribution in [0.3, 0.4) is 0 Å². The van der Waals surface area contributed by atoms with E-state index >= 15 is 0 Å². The van der Waals surface area contributed by atoms with Gasteiger partial charge in [-0.3, -0.25) is 9.69 Å². The van der Waals surface area contributed by atoms with Crippen molar-refractivity contribution in [2.24, 2.45) is 0 Å². The highest BCUT2D eigenvalue weighted by Gasteiger charge is 2.22. The van der Waals surface area contributed by atoms with Crippen molar-refractivity contribution >= 4 is 56.6 Å². The summed E-state index contributed by atoms with van der Waals surface area (Å²) in [5.74, 6) is -0.0190. The molecule has 1 aromatic heterocycles. The minimum Gasteiger partial charge on any atom is -0.308 e. The standard InChI is InChI=1S/C20H22ClN3OS.ClH/c1-13-5-7-16(14(2)11-13)19(25)24(10-9-23(3)4)20-22-17-8-6-15(21)12-18(17)26-20;/h5-8,11-12H,9-10H2,1-4H3;1H. The van der Waals surface area contributed by atoms with E-state index in [0.29, 0.717) is 22.3 Å². The number of hydrogen-bond acceptors (Lipinski definition) is 4. The molecule has 0 bridgehead atoms. The number of anilines is 1. The predicted molar refractivity (Wildman–Crippen MR) is 118 cm³/mol. The molecule has 27 heavy (non-hydrogen) atoms. The number of carbonyl (C=O) groups excluding carboxylic acids is 1. The van der Waals surface area contributed by atoms with E-state index in [2.05, 4.69) is 9.88 Å². The van der Waals surface area contributed by atoms with E-state index in [1.807, 2.05) is 64.3 Å². The number of hydrogen-bond donors (Lipinski definition) is 0. The highest BCUT2D eigenvalue weighted by molar-refractivity contribution is 7.22. The monoisotopic (exact) mass is 423 g/mol. The van der Waals surface area contributed by atoms with E-state index in [4.69, 9.17) is 11.6 Å². The summed E-state index contributed by atoms with van der Waals surface area (Å²) in [4.78, 5) is 21.8. The lowest BCUT2D eigenvalue weighted by molar-refractivity contribution is 0.0984. The average molecular weight is 424 g/mol. The first-order chi connectivity index (χ1) is 12.3. The third kappa shape index (κ3) is 4.99. The fourth-order valence-corrected chi connectivity index (χ4v) is 4.05. The molecule has 0 spiro atoms. The average Bonchev–Trinajstić information content (AvgIpc) is 2.97. The molecule has 144 valence electrons. The zero-order chi connectivity index (χ0) is 18.8. The smallest absolute Gasteiger partial charge is 0.260 e. The summed E-state index contributed by atoms with van der Waals surface area (Å²) >= 11 is 7.59. The maximum absolute atomic E-state index is 13.3. The molecule has 0 N–H and O–H groups in total. The Morgan fingerprint density at radius 2 is 1.85 bits per heavy atom.